The first-order valence-electron chi connectivity index (χ1n) is 5.96. The Balaban J connectivity index is 2.37. The van der Waals surface area contributed by atoms with Gasteiger partial charge < -0.3 is 10.5 Å². The van der Waals surface area contributed by atoms with Gasteiger partial charge in [-0.05, 0) is 24.6 Å². The normalized spacial score (nSPS) is 10.2. The van der Waals surface area contributed by atoms with E-state index in [2.05, 4.69) is 14.7 Å². The van der Waals surface area contributed by atoms with Crippen molar-refractivity contribution in [1.29, 1.82) is 0 Å². The van der Waals surface area contributed by atoms with Gasteiger partial charge in [-0.2, -0.15) is 0 Å². The lowest BCUT2D eigenvalue weighted by Crippen LogP contribution is -2.02. The number of methoxy groups -OCH3 is 1. The third-order valence-electron chi connectivity index (χ3n) is 2.76. The number of aryl methyl sites for hydroxylation is 1. The van der Waals surface area contributed by atoms with E-state index in [-0.39, 0.29) is 11.9 Å². The van der Waals surface area contributed by atoms with Crippen molar-refractivity contribution in [3.63, 3.8) is 0 Å². The highest BCUT2D eigenvalue weighted by atomic mass is 16.5. The summed E-state index contributed by atoms with van der Waals surface area (Å²) in [5.41, 5.74) is 8.70. The van der Waals surface area contributed by atoms with Crippen molar-refractivity contribution >= 4 is 11.9 Å². The molecule has 0 spiro atoms. The molecular weight excluding hydrogens is 242 g/mol. The Morgan fingerprint density at radius 1 is 1.26 bits per heavy atom. The number of nitrogens with two attached hydrogens (primary N) is 1. The van der Waals surface area contributed by atoms with Gasteiger partial charge in [-0.15, -0.1) is 0 Å². The highest BCUT2D eigenvalue weighted by Gasteiger charge is 2.07. The minimum Gasteiger partial charge on any atom is -0.465 e. The number of nitrogen functional groups attached to an aromatic ring is 1. The van der Waals surface area contributed by atoms with Crippen LogP contribution in [0.1, 0.15) is 23.0 Å². The summed E-state index contributed by atoms with van der Waals surface area (Å²) in [7, 11) is 1.36. The number of benzene rings is 1. The quantitative estimate of drug-likeness (QED) is 0.852. The predicted molar refractivity (Wildman–Crippen MR) is 72.6 cm³/mol. The van der Waals surface area contributed by atoms with Crippen LogP contribution in [0.15, 0.2) is 30.3 Å². The Hall–Kier alpha value is -2.43. The van der Waals surface area contributed by atoms with Crippen LogP contribution >= 0.6 is 0 Å². The fourth-order valence-electron chi connectivity index (χ4n) is 1.74. The van der Waals surface area contributed by atoms with E-state index in [4.69, 9.17) is 5.73 Å². The van der Waals surface area contributed by atoms with Crippen molar-refractivity contribution < 1.29 is 9.53 Å². The fraction of sp³-hybridized carbons (Fsp3) is 0.214. The molecule has 1 aromatic carbocycles. The first-order valence-corrected chi connectivity index (χ1v) is 5.96. The first kappa shape index (κ1) is 13.0. The molecule has 0 saturated carbocycles. The van der Waals surface area contributed by atoms with Gasteiger partial charge in [0.15, 0.2) is 0 Å². The van der Waals surface area contributed by atoms with Gasteiger partial charge in [-0.25, -0.2) is 14.8 Å². The molecule has 2 rings (SSSR count). The average molecular weight is 257 g/mol. The van der Waals surface area contributed by atoms with Gasteiger partial charge in [0, 0.05) is 11.3 Å². The second-order valence-corrected chi connectivity index (χ2v) is 4.03. The Morgan fingerprint density at radius 2 is 1.95 bits per heavy atom. The Morgan fingerprint density at radius 3 is 2.53 bits per heavy atom. The topological polar surface area (TPSA) is 78.1 Å². The summed E-state index contributed by atoms with van der Waals surface area (Å²) in [6.07, 6.45) is 0.792. The van der Waals surface area contributed by atoms with E-state index in [9.17, 15) is 4.79 Å². The maximum Gasteiger partial charge on any atom is 0.337 e. The molecule has 0 aliphatic rings. The molecule has 5 heteroatoms. The third-order valence-corrected chi connectivity index (χ3v) is 2.76. The maximum absolute atomic E-state index is 11.3. The number of ether oxygens (including phenoxy) is 1. The van der Waals surface area contributed by atoms with Crippen LogP contribution in [0.25, 0.3) is 11.3 Å². The van der Waals surface area contributed by atoms with Crippen LogP contribution in [-0.2, 0) is 11.2 Å². The molecule has 5 nitrogen and oxygen atoms in total. The summed E-state index contributed by atoms with van der Waals surface area (Å²) in [5.74, 6) is -0.102. The van der Waals surface area contributed by atoms with Crippen LogP contribution in [0.2, 0.25) is 0 Å². The lowest BCUT2D eigenvalue weighted by Gasteiger charge is -2.05. The van der Waals surface area contributed by atoms with Crippen LogP contribution in [0.5, 0.6) is 0 Å². The Kier molecular flexibility index (Phi) is 3.75. The smallest absolute Gasteiger partial charge is 0.337 e. The number of carbonyl (C=O) groups excluding carboxylic acids is 1. The molecule has 0 fully saturated rings. The summed E-state index contributed by atoms with van der Waals surface area (Å²) in [6, 6.07) is 8.92. The van der Waals surface area contributed by atoms with Gasteiger partial charge in [0.1, 0.15) is 0 Å². The van der Waals surface area contributed by atoms with Gasteiger partial charge in [0.2, 0.25) is 5.95 Å². The maximum atomic E-state index is 11.3. The lowest BCUT2D eigenvalue weighted by molar-refractivity contribution is 0.0601. The van der Waals surface area contributed by atoms with Gasteiger partial charge >= 0.3 is 5.97 Å². The van der Waals surface area contributed by atoms with Crippen LogP contribution in [-0.4, -0.2) is 23.0 Å². The fourth-order valence-corrected chi connectivity index (χ4v) is 1.74. The van der Waals surface area contributed by atoms with Crippen molar-refractivity contribution in [1.82, 2.24) is 9.97 Å². The van der Waals surface area contributed by atoms with E-state index in [0.29, 0.717) is 5.56 Å². The number of nitrogens with zero attached hydrogens (tertiary/aromatic N) is 2. The summed E-state index contributed by atoms with van der Waals surface area (Å²) >= 11 is 0. The summed E-state index contributed by atoms with van der Waals surface area (Å²) < 4.78 is 4.65. The molecule has 1 aromatic heterocycles. The molecule has 0 radical (unpaired) electrons. The number of aromatic nitrogens is 2. The molecule has 2 aromatic rings. The average Bonchev–Trinajstić information content (AvgIpc) is 2.46. The predicted octanol–water partition coefficient (Wildman–Crippen LogP) is 2.07. The molecule has 0 atom stereocenters. The van der Waals surface area contributed by atoms with Crippen LogP contribution < -0.4 is 5.73 Å². The van der Waals surface area contributed by atoms with E-state index in [1.54, 1.807) is 12.1 Å². The number of hydrogen-bond donors (Lipinski definition) is 1. The van der Waals surface area contributed by atoms with E-state index in [1.807, 2.05) is 25.1 Å². The van der Waals surface area contributed by atoms with Crippen LogP contribution in [0.4, 0.5) is 5.95 Å². The standard InChI is InChI=1S/C14H15N3O2/c1-3-11-8-12(17-14(15)16-11)9-4-6-10(7-5-9)13(18)19-2/h4-8H,3H2,1-2H3,(H2,15,16,17). The molecule has 0 saturated heterocycles. The van der Waals surface area contributed by atoms with Gasteiger partial charge in [0.25, 0.3) is 0 Å². The zero-order chi connectivity index (χ0) is 13.8. The van der Waals surface area contributed by atoms with Crippen LogP contribution in [0, 0.1) is 0 Å². The monoisotopic (exact) mass is 257 g/mol. The van der Waals surface area contributed by atoms with Crippen molar-refractivity contribution in [3.8, 4) is 11.3 Å². The zero-order valence-electron chi connectivity index (χ0n) is 10.9. The second-order valence-electron chi connectivity index (χ2n) is 4.03. The van der Waals surface area contributed by atoms with Crippen LogP contribution in [0.3, 0.4) is 0 Å². The second kappa shape index (κ2) is 5.48. The zero-order valence-corrected chi connectivity index (χ0v) is 10.9. The first-order chi connectivity index (χ1) is 9.13. The Labute approximate surface area is 111 Å². The van der Waals surface area contributed by atoms with Gasteiger partial charge in [-0.3, -0.25) is 0 Å². The molecule has 98 valence electrons. The Bertz CT molecular complexity index is 594. The molecule has 1 heterocycles. The highest BCUT2D eigenvalue weighted by Crippen LogP contribution is 2.19. The third kappa shape index (κ3) is 2.88. The minimum atomic E-state index is -0.358. The molecule has 0 amide bonds. The molecule has 0 unspecified atom stereocenters. The number of hydrogen-bond acceptors (Lipinski definition) is 5. The minimum absolute atomic E-state index is 0.256. The van der Waals surface area contributed by atoms with E-state index < -0.39 is 0 Å². The van der Waals surface area contributed by atoms with Crippen molar-refractivity contribution in [2.24, 2.45) is 0 Å². The highest BCUT2D eigenvalue weighted by molar-refractivity contribution is 5.89. The van der Waals surface area contributed by atoms with Crippen molar-refractivity contribution in [2.75, 3.05) is 12.8 Å². The van der Waals surface area contributed by atoms with E-state index >= 15 is 0 Å². The SMILES string of the molecule is CCc1cc(-c2ccc(C(=O)OC)cc2)nc(N)n1. The molecule has 0 aliphatic carbocycles. The summed E-state index contributed by atoms with van der Waals surface area (Å²) in [6.45, 7) is 2.01. The van der Waals surface area contributed by atoms with Gasteiger partial charge in [0.05, 0.1) is 18.4 Å². The number of esters is 1. The van der Waals surface area contributed by atoms with E-state index in [0.717, 1.165) is 23.4 Å². The number of anilines is 1. The lowest BCUT2D eigenvalue weighted by atomic mass is 10.1. The number of rotatable bonds is 3. The summed E-state index contributed by atoms with van der Waals surface area (Å²) in [5, 5.41) is 0. The number of carbonyl (C=O) groups is 1. The van der Waals surface area contributed by atoms with Gasteiger partial charge in [-0.1, -0.05) is 19.1 Å². The van der Waals surface area contributed by atoms with Crippen molar-refractivity contribution in [3.05, 3.63) is 41.6 Å². The van der Waals surface area contributed by atoms with E-state index in [1.165, 1.54) is 7.11 Å². The van der Waals surface area contributed by atoms with Crippen molar-refractivity contribution in [2.45, 2.75) is 13.3 Å². The molecular formula is C14H15N3O2. The molecule has 2 N–H and O–H groups in total. The molecule has 19 heavy (non-hydrogen) atoms. The largest absolute Gasteiger partial charge is 0.465 e. The summed E-state index contributed by atoms with van der Waals surface area (Å²) in [4.78, 5) is 19.7. The molecule has 0 aliphatic heterocycles. The molecule has 0 bridgehead atoms.